The lowest BCUT2D eigenvalue weighted by Gasteiger charge is -2.42. The monoisotopic (exact) mass is 321 g/mol. The molecule has 4 nitrogen and oxygen atoms in total. The van der Waals surface area contributed by atoms with Gasteiger partial charge in [-0.2, -0.15) is 0 Å². The fourth-order valence-electron chi connectivity index (χ4n) is 4.35. The molecule has 3 fully saturated rings. The summed E-state index contributed by atoms with van der Waals surface area (Å²) in [5.41, 5.74) is 0. The minimum absolute atomic E-state index is 0.289. The topological polar surface area (TPSA) is 35.6 Å². The van der Waals surface area contributed by atoms with E-state index in [1.165, 1.54) is 77.7 Å². The van der Waals surface area contributed by atoms with Crippen molar-refractivity contribution in [1.29, 1.82) is 0 Å². The molecule has 0 aromatic carbocycles. The zero-order chi connectivity index (χ0) is 16.1. The first-order chi connectivity index (χ1) is 11.2. The van der Waals surface area contributed by atoms with Crippen LogP contribution in [0, 0.1) is 5.92 Å². The second-order valence-corrected chi connectivity index (χ2v) is 7.96. The molecule has 1 atom stereocenters. The number of amides is 1. The van der Waals surface area contributed by atoms with Crippen LogP contribution in [0.5, 0.6) is 0 Å². The van der Waals surface area contributed by atoms with Crippen LogP contribution in [0.3, 0.4) is 0 Å². The van der Waals surface area contributed by atoms with Gasteiger partial charge in [-0.1, -0.05) is 6.92 Å². The van der Waals surface area contributed by atoms with Crippen LogP contribution in [0.1, 0.15) is 64.7 Å². The van der Waals surface area contributed by atoms with Crippen molar-refractivity contribution in [3.63, 3.8) is 0 Å². The maximum absolute atomic E-state index is 11.9. The van der Waals surface area contributed by atoms with E-state index < -0.39 is 0 Å². The van der Waals surface area contributed by atoms with Gasteiger partial charge in [0.2, 0.25) is 5.91 Å². The first-order valence-electron chi connectivity index (χ1n) is 10.0. The number of rotatable bonds is 7. The summed E-state index contributed by atoms with van der Waals surface area (Å²) in [6, 6.07) is 1.31. The minimum atomic E-state index is 0.289. The van der Waals surface area contributed by atoms with Crippen molar-refractivity contribution in [2.24, 2.45) is 5.92 Å². The molecule has 0 spiro atoms. The molecule has 1 N–H and O–H groups in total. The van der Waals surface area contributed by atoms with Crippen molar-refractivity contribution in [2.75, 3.05) is 32.7 Å². The van der Waals surface area contributed by atoms with E-state index in [4.69, 9.17) is 0 Å². The van der Waals surface area contributed by atoms with Crippen LogP contribution in [-0.4, -0.2) is 60.5 Å². The Labute approximate surface area is 142 Å². The number of carbonyl (C=O) groups excluding carboxylic acids is 1. The second-order valence-electron chi connectivity index (χ2n) is 7.96. The normalized spacial score (nSPS) is 28.0. The van der Waals surface area contributed by atoms with Gasteiger partial charge in [0.25, 0.3) is 0 Å². The number of hydrogen-bond donors (Lipinski definition) is 1. The average molecular weight is 322 g/mol. The van der Waals surface area contributed by atoms with Crippen molar-refractivity contribution in [3.05, 3.63) is 0 Å². The molecule has 1 amide bonds. The summed E-state index contributed by atoms with van der Waals surface area (Å²) >= 11 is 0. The van der Waals surface area contributed by atoms with Gasteiger partial charge in [-0.05, 0) is 83.5 Å². The largest absolute Gasteiger partial charge is 0.353 e. The smallest absolute Gasteiger partial charge is 0.220 e. The van der Waals surface area contributed by atoms with Gasteiger partial charge < -0.3 is 15.1 Å². The summed E-state index contributed by atoms with van der Waals surface area (Å²) in [5, 5.41) is 3.13. The van der Waals surface area contributed by atoms with Crippen LogP contribution in [0.15, 0.2) is 0 Å². The van der Waals surface area contributed by atoms with E-state index in [9.17, 15) is 4.79 Å². The third kappa shape index (κ3) is 5.46. The standard InChI is InChI=1S/C19H35N3O/c1-2-11-21-13-9-18(10-14-21)22-12-3-4-16(15-22)5-8-19(23)20-17-6-7-17/h16-18H,2-15H2,1H3,(H,20,23)/t16-/m0/s1. The van der Waals surface area contributed by atoms with Gasteiger partial charge in [-0.3, -0.25) is 4.79 Å². The maximum Gasteiger partial charge on any atom is 0.220 e. The van der Waals surface area contributed by atoms with E-state index in [1.807, 2.05) is 0 Å². The Morgan fingerprint density at radius 3 is 2.57 bits per heavy atom. The number of nitrogens with one attached hydrogen (secondary N) is 1. The Hall–Kier alpha value is -0.610. The van der Waals surface area contributed by atoms with Crippen LogP contribution >= 0.6 is 0 Å². The van der Waals surface area contributed by atoms with Crippen molar-refractivity contribution in [2.45, 2.75) is 76.8 Å². The SMILES string of the molecule is CCCN1CCC(N2CCC[C@@H](CCC(=O)NC3CC3)C2)CC1. The van der Waals surface area contributed by atoms with E-state index in [0.29, 0.717) is 6.04 Å². The summed E-state index contributed by atoms with van der Waals surface area (Å²) < 4.78 is 0. The minimum Gasteiger partial charge on any atom is -0.353 e. The van der Waals surface area contributed by atoms with Gasteiger partial charge in [0.1, 0.15) is 0 Å². The Morgan fingerprint density at radius 1 is 1.09 bits per heavy atom. The molecular formula is C19H35N3O. The maximum atomic E-state index is 11.9. The highest BCUT2D eigenvalue weighted by Crippen LogP contribution is 2.26. The third-order valence-electron chi connectivity index (χ3n) is 5.89. The molecule has 2 heterocycles. The molecule has 3 rings (SSSR count). The highest BCUT2D eigenvalue weighted by atomic mass is 16.1. The average Bonchev–Trinajstić information content (AvgIpc) is 3.38. The first-order valence-corrected chi connectivity index (χ1v) is 10.0. The summed E-state index contributed by atoms with van der Waals surface area (Å²) in [6.07, 6.45) is 10.8. The first kappa shape index (κ1) is 17.2. The van der Waals surface area contributed by atoms with Crippen molar-refractivity contribution in [1.82, 2.24) is 15.1 Å². The number of piperidine rings is 2. The molecule has 2 saturated heterocycles. The molecule has 1 saturated carbocycles. The van der Waals surface area contributed by atoms with Crippen molar-refractivity contribution >= 4 is 5.91 Å². The molecule has 4 heteroatoms. The number of nitrogens with zero attached hydrogens (tertiary/aromatic N) is 2. The highest BCUT2D eigenvalue weighted by Gasteiger charge is 2.29. The lowest BCUT2D eigenvalue weighted by molar-refractivity contribution is -0.121. The van der Waals surface area contributed by atoms with Crippen molar-refractivity contribution < 1.29 is 4.79 Å². The van der Waals surface area contributed by atoms with E-state index >= 15 is 0 Å². The highest BCUT2D eigenvalue weighted by molar-refractivity contribution is 5.76. The Kier molecular flexibility index (Phi) is 6.35. The van der Waals surface area contributed by atoms with Crippen LogP contribution in [0.4, 0.5) is 0 Å². The molecule has 1 aliphatic carbocycles. The molecule has 3 aliphatic rings. The molecular weight excluding hydrogens is 286 g/mol. The fraction of sp³-hybridized carbons (Fsp3) is 0.947. The molecule has 0 aromatic rings. The van der Waals surface area contributed by atoms with Gasteiger partial charge in [0, 0.05) is 25.0 Å². The lowest BCUT2D eigenvalue weighted by atomic mass is 9.90. The molecule has 132 valence electrons. The molecule has 0 unspecified atom stereocenters. The second kappa shape index (κ2) is 8.48. The van der Waals surface area contributed by atoms with Crippen LogP contribution in [-0.2, 0) is 4.79 Å². The Bertz CT molecular complexity index is 375. The summed E-state index contributed by atoms with van der Waals surface area (Å²) in [6.45, 7) is 8.62. The molecule has 23 heavy (non-hydrogen) atoms. The lowest BCUT2D eigenvalue weighted by Crippen LogP contribution is -2.48. The summed E-state index contributed by atoms with van der Waals surface area (Å²) in [5.74, 6) is 1.03. The summed E-state index contributed by atoms with van der Waals surface area (Å²) in [4.78, 5) is 17.3. The van der Waals surface area contributed by atoms with Gasteiger partial charge in [-0.25, -0.2) is 0 Å². The third-order valence-corrected chi connectivity index (χ3v) is 5.89. The van der Waals surface area contributed by atoms with Gasteiger partial charge >= 0.3 is 0 Å². The van der Waals surface area contributed by atoms with Crippen LogP contribution < -0.4 is 5.32 Å². The van der Waals surface area contributed by atoms with Gasteiger partial charge in [0.05, 0.1) is 0 Å². The Morgan fingerprint density at radius 2 is 1.87 bits per heavy atom. The molecule has 0 bridgehead atoms. The fourth-order valence-corrected chi connectivity index (χ4v) is 4.35. The van der Waals surface area contributed by atoms with Gasteiger partial charge in [0.15, 0.2) is 0 Å². The van der Waals surface area contributed by atoms with Crippen LogP contribution in [0.2, 0.25) is 0 Å². The zero-order valence-electron chi connectivity index (χ0n) is 14.9. The van der Waals surface area contributed by atoms with Crippen molar-refractivity contribution in [3.8, 4) is 0 Å². The summed E-state index contributed by atoms with van der Waals surface area (Å²) in [7, 11) is 0. The van der Waals surface area contributed by atoms with E-state index in [1.54, 1.807) is 0 Å². The molecule has 2 aliphatic heterocycles. The van der Waals surface area contributed by atoms with Gasteiger partial charge in [-0.15, -0.1) is 0 Å². The van der Waals surface area contributed by atoms with E-state index in [2.05, 4.69) is 22.0 Å². The quantitative estimate of drug-likeness (QED) is 0.783. The predicted octanol–water partition coefficient (Wildman–Crippen LogP) is 2.63. The number of carbonyl (C=O) groups is 1. The Balaban J connectivity index is 1.37. The number of likely N-dealkylation sites (tertiary alicyclic amines) is 2. The number of hydrogen-bond acceptors (Lipinski definition) is 3. The molecule has 0 radical (unpaired) electrons. The zero-order valence-corrected chi connectivity index (χ0v) is 14.9. The predicted molar refractivity (Wildman–Crippen MR) is 94.4 cm³/mol. The molecule has 0 aromatic heterocycles. The van der Waals surface area contributed by atoms with E-state index in [-0.39, 0.29) is 5.91 Å². The van der Waals surface area contributed by atoms with Crippen LogP contribution in [0.25, 0.3) is 0 Å². The van der Waals surface area contributed by atoms with E-state index in [0.717, 1.165) is 24.8 Å².